The summed E-state index contributed by atoms with van der Waals surface area (Å²) in [6, 6.07) is 41.8. The van der Waals surface area contributed by atoms with E-state index in [2.05, 4.69) is 91.0 Å². The fraction of sp³-hybridized carbons (Fsp3) is 0.188. The molecule has 1 aliphatic carbocycles. The lowest BCUT2D eigenvalue weighted by Crippen LogP contribution is -2.71. The normalized spacial score (nSPS) is 20.3. The van der Waals surface area contributed by atoms with Gasteiger partial charge in [0.25, 0.3) is 0 Å². The second-order valence-electron chi connectivity index (χ2n) is 10.4. The molecule has 5 nitrogen and oxygen atoms in total. The molecule has 0 amide bonds. The molecular weight excluding hydrogens is 486 g/mol. The summed E-state index contributed by atoms with van der Waals surface area (Å²) in [5, 5.41) is 3.96. The third-order valence-electron chi connectivity index (χ3n) is 8.67. The van der Waals surface area contributed by atoms with E-state index in [0.29, 0.717) is 5.69 Å². The van der Waals surface area contributed by atoms with Gasteiger partial charge in [-0.3, -0.25) is 0 Å². The van der Waals surface area contributed by atoms with Crippen LogP contribution in [0.15, 0.2) is 131 Å². The molecule has 5 aromatic rings. The summed E-state index contributed by atoms with van der Waals surface area (Å²) >= 11 is 0. The minimum Gasteiger partial charge on any atom is -0.245 e. The maximum Gasteiger partial charge on any atom is 0.352 e. The standard InChI is InChI=1S/C32H29N3O2Si/c36-31-33(24-14-5-1-6-15-24)32(37)35-29-23-13-22-28(34(31)35)30(29)38(25-16-7-2-8-17-25,26-18-9-3-10-19-26)27-20-11-4-12-21-27/h1-12,14-21,28-30H,13,22-23H2. The lowest BCUT2D eigenvalue weighted by Gasteiger charge is -2.45. The Morgan fingerprint density at radius 2 is 0.895 bits per heavy atom. The van der Waals surface area contributed by atoms with Gasteiger partial charge in [-0.25, -0.2) is 23.5 Å². The summed E-state index contributed by atoms with van der Waals surface area (Å²) in [7, 11) is -2.72. The largest absolute Gasteiger partial charge is 0.352 e. The van der Waals surface area contributed by atoms with E-state index < -0.39 is 8.07 Å². The summed E-state index contributed by atoms with van der Waals surface area (Å²) in [6.45, 7) is 0. The fourth-order valence-corrected chi connectivity index (χ4v) is 13.4. The monoisotopic (exact) mass is 515 g/mol. The SMILES string of the molecule is O=c1n(-c2ccccc2)c(=O)n2n1C1CCCC2C1[Si](c1ccccc1)(c1ccccc1)c1ccccc1. The number of fused-ring (bicyclic) bond motifs is 5. The summed E-state index contributed by atoms with van der Waals surface area (Å²) in [4.78, 5) is 28.1. The average molecular weight is 516 g/mol. The maximum absolute atomic E-state index is 14.0. The Morgan fingerprint density at radius 3 is 1.29 bits per heavy atom. The highest BCUT2D eigenvalue weighted by Crippen LogP contribution is 2.53. The van der Waals surface area contributed by atoms with Gasteiger partial charge < -0.3 is 0 Å². The number of hydrogen-bond donors (Lipinski definition) is 0. The first-order valence-corrected chi connectivity index (χ1v) is 15.5. The molecule has 0 spiro atoms. The van der Waals surface area contributed by atoms with Crippen LogP contribution >= 0.6 is 0 Å². The molecule has 1 aliphatic heterocycles. The molecule has 4 aromatic carbocycles. The van der Waals surface area contributed by atoms with E-state index in [1.54, 1.807) is 0 Å². The minimum atomic E-state index is -2.72. The molecule has 0 N–H and O–H groups in total. The van der Waals surface area contributed by atoms with Crippen LogP contribution in [-0.4, -0.2) is 22.0 Å². The van der Waals surface area contributed by atoms with Crippen molar-refractivity contribution in [1.29, 1.82) is 0 Å². The number of para-hydroxylation sites is 1. The van der Waals surface area contributed by atoms with E-state index in [0.717, 1.165) is 19.3 Å². The molecule has 38 heavy (non-hydrogen) atoms. The van der Waals surface area contributed by atoms with Crippen LogP contribution in [0.1, 0.15) is 31.3 Å². The molecule has 1 saturated carbocycles. The molecule has 1 fully saturated rings. The molecule has 2 bridgehead atoms. The predicted octanol–water partition coefficient (Wildman–Crippen LogP) is 3.62. The van der Waals surface area contributed by atoms with Crippen LogP contribution in [-0.2, 0) is 0 Å². The topological polar surface area (TPSA) is 48.9 Å². The van der Waals surface area contributed by atoms with Gasteiger partial charge in [0.1, 0.15) is 0 Å². The van der Waals surface area contributed by atoms with E-state index in [-0.39, 0.29) is 29.0 Å². The summed E-state index contributed by atoms with van der Waals surface area (Å²) < 4.78 is 5.01. The van der Waals surface area contributed by atoms with E-state index in [1.165, 1.54) is 20.1 Å². The predicted molar refractivity (Wildman–Crippen MR) is 154 cm³/mol. The number of benzene rings is 4. The van der Waals surface area contributed by atoms with Gasteiger partial charge in [0, 0.05) is 5.54 Å². The van der Waals surface area contributed by atoms with Crippen molar-refractivity contribution in [3.63, 3.8) is 0 Å². The maximum atomic E-state index is 14.0. The van der Waals surface area contributed by atoms with Crippen molar-refractivity contribution >= 4 is 23.6 Å². The quantitative estimate of drug-likeness (QED) is 0.265. The molecule has 6 heteroatoms. The number of rotatable bonds is 5. The summed E-state index contributed by atoms with van der Waals surface area (Å²) in [6.07, 6.45) is 2.79. The number of aromatic nitrogens is 3. The van der Waals surface area contributed by atoms with Crippen LogP contribution in [0.3, 0.4) is 0 Å². The molecule has 2 unspecified atom stereocenters. The van der Waals surface area contributed by atoms with Gasteiger partial charge in [-0.1, -0.05) is 109 Å². The van der Waals surface area contributed by atoms with Crippen molar-refractivity contribution in [1.82, 2.24) is 13.9 Å². The van der Waals surface area contributed by atoms with Crippen molar-refractivity contribution in [2.24, 2.45) is 0 Å². The number of hydrogen-bond acceptors (Lipinski definition) is 2. The van der Waals surface area contributed by atoms with Gasteiger partial charge in [-0.2, -0.15) is 0 Å². The molecule has 0 saturated heterocycles. The van der Waals surface area contributed by atoms with E-state index >= 15 is 0 Å². The Morgan fingerprint density at radius 1 is 0.526 bits per heavy atom. The molecule has 0 radical (unpaired) electrons. The zero-order chi connectivity index (χ0) is 25.7. The van der Waals surface area contributed by atoms with Crippen LogP contribution in [0.2, 0.25) is 5.54 Å². The van der Waals surface area contributed by atoms with Crippen LogP contribution in [0.4, 0.5) is 0 Å². The summed E-state index contributed by atoms with van der Waals surface area (Å²) in [5.41, 5.74) is 0.314. The fourth-order valence-electron chi connectivity index (χ4n) is 7.33. The average Bonchev–Trinajstić information content (AvgIpc) is 3.35. The molecule has 1 aromatic heterocycles. The lowest BCUT2D eigenvalue weighted by atomic mass is 9.92. The molecule has 7 rings (SSSR count). The second kappa shape index (κ2) is 8.99. The van der Waals surface area contributed by atoms with E-state index in [4.69, 9.17) is 0 Å². The van der Waals surface area contributed by atoms with Crippen molar-refractivity contribution in [2.45, 2.75) is 36.9 Å². The third-order valence-corrected chi connectivity index (χ3v) is 14.2. The van der Waals surface area contributed by atoms with Crippen LogP contribution < -0.4 is 26.9 Å². The molecule has 188 valence electrons. The Kier molecular flexibility index (Phi) is 5.44. The van der Waals surface area contributed by atoms with Crippen LogP contribution in [0, 0.1) is 0 Å². The van der Waals surface area contributed by atoms with Gasteiger partial charge in [0.2, 0.25) is 0 Å². The Labute approximate surface area is 222 Å². The molecule has 2 atom stereocenters. The van der Waals surface area contributed by atoms with Gasteiger partial charge in [0.05, 0.1) is 17.8 Å². The highest BCUT2D eigenvalue weighted by atomic mass is 28.3. The van der Waals surface area contributed by atoms with E-state index in [9.17, 15) is 9.59 Å². The number of nitrogens with zero attached hydrogens (tertiary/aromatic N) is 3. The third kappa shape index (κ3) is 3.16. The lowest BCUT2D eigenvalue weighted by molar-refractivity contribution is 0.364. The van der Waals surface area contributed by atoms with Gasteiger partial charge >= 0.3 is 11.4 Å². The van der Waals surface area contributed by atoms with Crippen LogP contribution in [0.5, 0.6) is 0 Å². The Hall–Kier alpha value is -4.16. The van der Waals surface area contributed by atoms with Crippen molar-refractivity contribution in [2.75, 3.05) is 0 Å². The van der Waals surface area contributed by atoms with Gasteiger partial charge in [0.15, 0.2) is 8.07 Å². The molecular formula is C32H29N3O2Si. The van der Waals surface area contributed by atoms with Crippen LogP contribution in [0.25, 0.3) is 5.69 Å². The van der Waals surface area contributed by atoms with Gasteiger partial charge in [-0.15, -0.1) is 0 Å². The minimum absolute atomic E-state index is 0.0498. The van der Waals surface area contributed by atoms with Crippen molar-refractivity contribution in [3.8, 4) is 5.69 Å². The summed E-state index contributed by atoms with van der Waals surface area (Å²) in [5.74, 6) is 0. The zero-order valence-electron chi connectivity index (χ0n) is 21.1. The first-order valence-electron chi connectivity index (χ1n) is 13.4. The highest BCUT2D eigenvalue weighted by Gasteiger charge is 2.59. The first-order chi connectivity index (χ1) is 18.7. The van der Waals surface area contributed by atoms with Gasteiger partial charge in [-0.05, 0) is 47.0 Å². The molecule has 2 aliphatic rings. The molecule has 2 heterocycles. The first kappa shape index (κ1) is 23.0. The Bertz CT molecular complexity index is 1550. The zero-order valence-corrected chi connectivity index (χ0v) is 22.1. The van der Waals surface area contributed by atoms with Crippen molar-refractivity contribution in [3.05, 3.63) is 142 Å². The van der Waals surface area contributed by atoms with Crippen molar-refractivity contribution < 1.29 is 0 Å². The smallest absolute Gasteiger partial charge is 0.245 e. The Balaban J connectivity index is 1.53. The van der Waals surface area contributed by atoms with E-state index in [1.807, 2.05) is 39.7 Å². The second-order valence-corrected chi connectivity index (χ2v) is 14.4. The highest BCUT2D eigenvalue weighted by molar-refractivity contribution is 7.12.